The number of hydrogen-bond donors (Lipinski definition) is 1. The van der Waals surface area contributed by atoms with E-state index in [0.717, 1.165) is 49.0 Å². The molecule has 2 N–H and O–H groups in total. The average Bonchev–Trinajstić information content (AvgIpc) is 3.14. The summed E-state index contributed by atoms with van der Waals surface area (Å²) < 4.78 is 5.46. The van der Waals surface area contributed by atoms with Gasteiger partial charge in [0.1, 0.15) is 12.1 Å². The first-order valence-corrected chi connectivity index (χ1v) is 10.0. The quantitative estimate of drug-likeness (QED) is 0.489. The van der Waals surface area contributed by atoms with Crippen molar-refractivity contribution in [2.75, 3.05) is 19.6 Å². The number of likely N-dealkylation sites (tertiary alicyclic amines) is 1. The van der Waals surface area contributed by atoms with Gasteiger partial charge in [0.25, 0.3) is 0 Å². The van der Waals surface area contributed by atoms with E-state index >= 15 is 0 Å². The number of quaternary nitrogens is 1. The average molecular weight is 392 g/mol. The van der Waals surface area contributed by atoms with E-state index in [1.54, 1.807) is 12.1 Å². The molecular formula is C23H24N2O4. The summed E-state index contributed by atoms with van der Waals surface area (Å²) in [6, 6.07) is 14.4. The van der Waals surface area contributed by atoms with Crippen LogP contribution in [-0.4, -0.2) is 30.4 Å². The molecule has 1 aliphatic heterocycles. The zero-order valence-corrected chi connectivity index (χ0v) is 16.2. The fourth-order valence-electron chi connectivity index (χ4n) is 3.93. The summed E-state index contributed by atoms with van der Waals surface area (Å²) in [6.07, 6.45) is 2.47. The van der Waals surface area contributed by atoms with Crippen LogP contribution in [0.5, 0.6) is 5.75 Å². The van der Waals surface area contributed by atoms with Crippen LogP contribution in [0, 0.1) is 0 Å². The van der Waals surface area contributed by atoms with E-state index in [9.17, 15) is 14.7 Å². The summed E-state index contributed by atoms with van der Waals surface area (Å²) in [7, 11) is 0. The highest BCUT2D eigenvalue weighted by molar-refractivity contribution is 5.95. The molecule has 4 rings (SSSR count). The van der Waals surface area contributed by atoms with Gasteiger partial charge in [-0.05, 0) is 17.5 Å². The van der Waals surface area contributed by atoms with Crippen molar-refractivity contribution in [3.63, 3.8) is 0 Å². The van der Waals surface area contributed by atoms with Crippen LogP contribution in [0.3, 0.4) is 0 Å². The number of hydrogen-bond acceptors (Lipinski definition) is 4. The van der Waals surface area contributed by atoms with E-state index in [-0.39, 0.29) is 11.7 Å². The van der Waals surface area contributed by atoms with Crippen LogP contribution in [0.25, 0.3) is 22.1 Å². The Hall–Kier alpha value is -3.12. The SMILES string of the molecule is O=C1CCCN1CCC[NH2+]Cc1c([O-])ccc2c(-c3ccccc3)cc(=O)oc12. The molecule has 29 heavy (non-hydrogen) atoms. The highest BCUT2D eigenvalue weighted by Gasteiger charge is 2.19. The molecule has 1 fully saturated rings. The van der Waals surface area contributed by atoms with Crippen LogP contribution in [0.4, 0.5) is 0 Å². The third-order valence-electron chi connectivity index (χ3n) is 5.41. The van der Waals surface area contributed by atoms with Gasteiger partial charge in [-0.3, -0.25) is 4.79 Å². The third-order valence-corrected chi connectivity index (χ3v) is 5.41. The van der Waals surface area contributed by atoms with Crippen molar-refractivity contribution in [3.8, 4) is 16.9 Å². The number of rotatable bonds is 7. The standard InChI is InChI=1S/C23H24N2O4/c26-20-10-9-17-18(16-6-2-1-3-7-16)14-22(28)29-23(17)19(20)15-24-11-5-13-25-12-4-8-21(25)27/h1-3,6-7,9-10,14,24,26H,4-5,8,11-13,15H2. The lowest BCUT2D eigenvalue weighted by molar-refractivity contribution is -0.671. The van der Waals surface area contributed by atoms with Crippen LogP contribution in [0.15, 0.2) is 57.7 Å². The molecule has 0 radical (unpaired) electrons. The van der Waals surface area contributed by atoms with Gasteiger partial charge in [0.2, 0.25) is 5.91 Å². The Balaban J connectivity index is 1.53. The number of nitrogens with zero attached hydrogens (tertiary/aromatic N) is 1. The molecule has 0 atom stereocenters. The fourth-order valence-corrected chi connectivity index (χ4v) is 3.93. The molecule has 0 saturated carbocycles. The maximum absolute atomic E-state index is 12.5. The number of fused-ring (bicyclic) bond motifs is 1. The molecule has 6 nitrogen and oxygen atoms in total. The normalized spacial score (nSPS) is 14.1. The first kappa shape index (κ1) is 19.2. The summed E-state index contributed by atoms with van der Waals surface area (Å²) >= 11 is 0. The molecule has 2 heterocycles. The second-order valence-electron chi connectivity index (χ2n) is 7.38. The van der Waals surface area contributed by atoms with Crippen LogP contribution in [-0.2, 0) is 11.3 Å². The molecule has 6 heteroatoms. The zero-order chi connectivity index (χ0) is 20.2. The van der Waals surface area contributed by atoms with Crippen molar-refractivity contribution in [2.24, 2.45) is 0 Å². The summed E-state index contributed by atoms with van der Waals surface area (Å²) in [5.41, 5.74) is 2.10. The van der Waals surface area contributed by atoms with E-state index < -0.39 is 5.63 Å². The zero-order valence-electron chi connectivity index (χ0n) is 16.2. The number of nitrogens with two attached hydrogens (primary N) is 1. The van der Waals surface area contributed by atoms with E-state index in [1.807, 2.05) is 40.5 Å². The van der Waals surface area contributed by atoms with Crippen LogP contribution in [0.2, 0.25) is 0 Å². The molecule has 1 saturated heterocycles. The van der Waals surface area contributed by atoms with Crippen LogP contribution >= 0.6 is 0 Å². The smallest absolute Gasteiger partial charge is 0.336 e. The summed E-state index contributed by atoms with van der Waals surface area (Å²) in [6.45, 7) is 2.83. The van der Waals surface area contributed by atoms with Crippen molar-refractivity contribution < 1.29 is 19.6 Å². The van der Waals surface area contributed by atoms with E-state index in [4.69, 9.17) is 4.42 Å². The number of carbonyl (C=O) groups excluding carboxylic acids is 1. The fraction of sp³-hybridized carbons (Fsp3) is 0.304. The third kappa shape index (κ3) is 4.17. The molecule has 1 aromatic heterocycles. The largest absolute Gasteiger partial charge is 0.872 e. The second-order valence-corrected chi connectivity index (χ2v) is 7.38. The minimum atomic E-state index is -0.462. The molecule has 150 valence electrons. The highest BCUT2D eigenvalue weighted by Crippen LogP contribution is 2.31. The van der Waals surface area contributed by atoms with Gasteiger partial charge in [-0.25, -0.2) is 4.79 Å². The van der Waals surface area contributed by atoms with Crippen LogP contribution in [0.1, 0.15) is 24.8 Å². The van der Waals surface area contributed by atoms with Crippen LogP contribution < -0.4 is 16.0 Å². The number of carbonyl (C=O) groups is 1. The maximum Gasteiger partial charge on any atom is 0.336 e. The van der Waals surface area contributed by atoms with Crippen molar-refractivity contribution in [1.29, 1.82) is 0 Å². The van der Waals surface area contributed by atoms with Gasteiger partial charge >= 0.3 is 5.63 Å². The van der Waals surface area contributed by atoms with Gasteiger partial charge in [-0.2, -0.15) is 0 Å². The van der Waals surface area contributed by atoms with Crippen molar-refractivity contribution in [3.05, 3.63) is 64.5 Å². The molecule has 0 spiro atoms. The molecule has 0 bridgehead atoms. The summed E-state index contributed by atoms with van der Waals surface area (Å²) in [5.74, 6) is 0.105. The number of benzene rings is 2. The van der Waals surface area contributed by atoms with Crippen molar-refractivity contribution in [2.45, 2.75) is 25.8 Å². The molecule has 1 amide bonds. The first-order valence-electron chi connectivity index (χ1n) is 10.0. The molecule has 1 aliphatic rings. The van der Waals surface area contributed by atoms with Gasteiger partial charge in [-0.1, -0.05) is 48.2 Å². The second kappa shape index (κ2) is 8.49. The summed E-state index contributed by atoms with van der Waals surface area (Å²) in [4.78, 5) is 25.7. The Morgan fingerprint density at radius 2 is 1.93 bits per heavy atom. The predicted molar refractivity (Wildman–Crippen MR) is 108 cm³/mol. The first-order chi connectivity index (χ1) is 14.1. The molecular weight excluding hydrogens is 368 g/mol. The van der Waals surface area contributed by atoms with Gasteiger partial charge < -0.3 is 19.7 Å². The lowest BCUT2D eigenvalue weighted by Gasteiger charge is -2.17. The monoisotopic (exact) mass is 392 g/mol. The van der Waals surface area contributed by atoms with Gasteiger partial charge in [-0.15, -0.1) is 0 Å². The lowest BCUT2D eigenvalue weighted by atomic mass is 9.99. The predicted octanol–water partition coefficient (Wildman–Crippen LogP) is 1.61. The maximum atomic E-state index is 12.5. The van der Waals surface area contributed by atoms with E-state index in [2.05, 4.69) is 0 Å². The van der Waals surface area contributed by atoms with Crippen molar-refractivity contribution >= 4 is 16.9 Å². The Kier molecular flexibility index (Phi) is 5.62. The lowest BCUT2D eigenvalue weighted by Crippen LogP contribution is -2.82. The Bertz CT molecular complexity index is 1080. The molecule has 2 aromatic carbocycles. The molecule has 0 unspecified atom stereocenters. The van der Waals surface area contributed by atoms with Gasteiger partial charge in [0, 0.05) is 42.9 Å². The van der Waals surface area contributed by atoms with Gasteiger partial charge in [0.15, 0.2) is 0 Å². The summed E-state index contributed by atoms with van der Waals surface area (Å²) in [5, 5.41) is 15.3. The van der Waals surface area contributed by atoms with Gasteiger partial charge in [0.05, 0.1) is 6.54 Å². The molecule has 3 aromatic rings. The number of amides is 1. The minimum Gasteiger partial charge on any atom is -0.872 e. The Labute approximate surface area is 168 Å². The van der Waals surface area contributed by atoms with E-state index in [1.165, 1.54) is 6.07 Å². The van der Waals surface area contributed by atoms with Crippen molar-refractivity contribution in [1.82, 2.24) is 4.90 Å². The Morgan fingerprint density at radius 3 is 2.69 bits per heavy atom. The van der Waals surface area contributed by atoms with E-state index in [0.29, 0.717) is 24.1 Å². The Morgan fingerprint density at radius 1 is 1.10 bits per heavy atom. The molecule has 0 aliphatic carbocycles. The topological polar surface area (TPSA) is 90.2 Å². The highest BCUT2D eigenvalue weighted by atomic mass is 16.4. The minimum absolute atomic E-state index is 0.128.